The monoisotopic (exact) mass is 214 g/mol. The van der Waals surface area contributed by atoms with E-state index in [1.54, 1.807) is 6.08 Å². The summed E-state index contributed by atoms with van der Waals surface area (Å²) in [5.74, 6) is 2.16. The predicted octanol–water partition coefficient (Wildman–Crippen LogP) is 2.65. The standard InChI is InChI=1S/C14H14O2/c1-3-7-14(16-12(2)15)11-10-13-8-5-4-6-9-13/h1,4-6,8-11,14H,7H2,2H3/b11-10+. The second-order valence-corrected chi connectivity index (χ2v) is 3.33. The second kappa shape index (κ2) is 6.47. The van der Waals surface area contributed by atoms with Gasteiger partial charge in [0.25, 0.3) is 0 Å². The fourth-order valence-corrected chi connectivity index (χ4v) is 1.26. The highest BCUT2D eigenvalue weighted by Gasteiger charge is 2.05. The zero-order chi connectivity index (χ0) is 11.8. The Bertz CT molecular complexity index is 398. The summed E-state index contributed by atoms with van der Waals surface area (Å²) < 4.78 is 5.04. The lowest BCUT2D eigenvalue weighted by molar-refractivity contribution is -0.143. The number of benzene rings is 1. The Kier molecular flexibility index (Phi) is 4.88. The van der Waals surface area contributed by atoms with E-state index < -0.39 is 0 Å². The molecule has 2 nitrogen and oxygen atoms in total. The molecule has 0 N–H and O–H groups in total. The molecule has 0 aliphatic heterocycles. The summed E-state index contributed by atoms with van der Waals surface area (Å²) >= 11 is 0. The third-order valence-corrected chi connectivity index (χ3v) is 1.94. The largest absolute Gasteiger partial charge is 0.457 e. The number of hydrogen-bond acceptors (Lipinski definition) is 2. The van der Waals surface area contributed by atoms with E-state index in [2.05, 4.69) is 5.92 Å². The van der Waals surface area contributed by atoms with Crippen molar-refractivity contribution in [3.8, 4) is 12.3 Å². The van der Waals surface area contributed by atoms with E-state index in [-0.39, 0.29) is 12.1 Å². The molecule has 0 aliphatic rings. The minimum atomic E-state index is -0.345. The summed E-state index contributed by atoms with van der Waals surface area (Å²) in [7, 11) is 0. The zero-order valence-electron chi connectivity index (χ0n) is 9.22. The Labute approximate surface area is 95.9 Å². The molecule has 0 heterocycles. The summed E-state index contributed by atoms with van der Waals surface area (Å²) in [5, 5.41) is 0. The quantitative estimate of drug-likeness (QED) is 0.569. The lowest BCUT2D eigenvalue weighted by Crippen LogP contribution is -2.12. The van der Waals surface area contributed by atoms with Crippen LogP contribution < -0.4 is 0 Å². The molecule has 1 unspecified atom stereocenters. The molecule has 0 bridgehead atoms. The predicted molar refractivity (Wildman–Crippen MR) is 64.5 cm³/mol. The zero-order valence-corrected chi connectivity index (χ0v) is 9.22. The molecule has 1 aromatic carbocycles. The first-order valence-electron chi connectivity index (χ1n) is 5.06. The highest BCUT2D eigenvalue weighted by atomic mass is 16.5. The van der Waals surface area contributed by atoms with Crippen molar-refractivity contribution in [3.63, 3.8) is 0 Å². The summed E-state index contributed by atoms with van der Waals surface area (Å²) in [6.45, 7) is 1.37. The average molecular weight is 214 g/mol. The number of carbonyl (C=O) groups excluding carboxylic acids is 1. The first kappa shape index (κ1) is 12.1. The van der Waals surface area contributed by atoms with Crippen molar-refractivity contribution in [2.24, 2.45) is 0 Å². The molecule has 1 atom stereocenters. The summed E-state index contributed by atoms with van der Waals surface area (Å²) in [6.07, 6.45) is 8.94. The van der Waals surface area contributed by atoms with Crippen LogP contribution in [0.5, 0.6) is 0 Å². The average Bonchev–Trinajstić information content (AvgIpc) is 2.27. The number of hydrogen-bond donors (Lipinski definition) is 0. The van der Waals surface area contributed by atoms with Gasteiger partial charge in [0.15, 0.2) is 0 Å². The normalized spacial score (nSPS) is 12.0. The Hall–Kier alpha value is -2.01. The van der Waals surface area contributed by atoms with E-state index in [4.69, 9.17) is 11.2 Å². The van der Waals surface area contributed by atoms with Crippen molar-refractivity contribution >= 4 is 12.0 Å². The highest BCUT2D eigenvalue weighted by molar-refractivity contribution is 5.66. The number of ether oxygens (including phenoxy) is 1. The highest BCUT2D eigenvalue weighted by Crippen LogP contribution is 2.06. The molecule has 0 radical (unpaired) electrons. The molecule has 0 saturated carbocycles. The molecule has 0 saturated heterocycles. The van der Waals surface area contributed by atoms with E-state index >= 15 is 0 Å². The third-order valence-electron chi connectivity index (χ3n) is 1.94. The van der Waals surface area contributed by atoms with Crippen molar-refractivity contribution < 1.29 is 9.53 Å². The van der Waals surface area contributed by atoms with Crippen LogP contribution in [0.1, 0.15) is 18.9 Å². The van der Waals surface area contributed by atoms with E-state index in [0.717, 1.165) is 5.56 Å². The van der Waals surface area contributed by atoms with Crippen LogP contribution in [0.3, 0.4) is 0 Å². The van der Waals surface area contributed by atoms with Gasteiger partial charge >= 0.3 is 5.97 Å². The van der Waals surface area contributed by atoms with E-state index in [0.29, 0.717) is 6.42 Å². The van der Waals surface area contributed by atoms with Gasteiger partial charge in [-0.15, -0.1) is 12.3 Å². The van der Waals surface area contributed by atoms with Crippen LogP contribution in [0.4, 0.5) is 0 Å². The lowest BCUT2D eigenvalue weighted by atomic mass is 10.1. The smallest absolute Gasteiger partial charge is 0.303 e. The van der Waals surface area contributed by atoms with Crippen LogP contribution >= 0.6 is 0 Å². The van der Waals surface area contributed by atoms with E-state index in [9.17, 15) is 4.79 Å². The van der Waals surface area contributed by atoms with Gasteiger partial charge in [0, 0.05) is 13.3 Å². The Morgan fingerprint density at radius 1 is 1.50 bits per heavy atom. The number of terminal acetylenes is 1. The Balaban J connectivity index is 2.64. The van der Waals surface area contributed by atoms with Crippen LogP contribution in [-0.2, 0) is 9.53 Å². The van der Waals surface area contributed by atoms with Gasteiger partial charge in [-0.1, -0.05) is 36.4 Å². The molecule has 0 fully saturated rings. The van der Waals surface area contributed by atoms with Gasteiger partial charge in [0.05, 0.1) is 0 Å². The molecule has 0 amide bonds. The molecular formula is C14H14O2. The fourth-order valence-electron chi connectivity index (χ4n) is 1.26. The van der Waals surface area contributed by atoms with Crippen LogP contribution in [-0.4, -0.2) is 12.1 Å². The lowest BCUT2D eigenvalue weighted by Gasteiger charge is -2.09. The molecule has 16 heavy (non-hydrogen) atoms. The molecule has 0 spiro atoms. The minimum Gasteiger partial charge on any atom is -0.457 e. The van der Waals surface area contributed by atoms with Crippen LogP contribution in [0.2, 0.25) is 0 Å². The molecule has 1 rings (SSSR count). The van der Waals surface area contributed by atoms with Crippen molar-refractivity contribution in [1.29, 1.82) is 0 Å². The maximum atomic E-state index is 10.8. The topological polar surface area (TPSA) is 26.3 Å². The van der Waals surface area contributed by atoms with E-state index in [1.807, 2.05) is 36.4 Å². The van der Waals surface area contributed by atoms with Crippen molar-refractivity contribution in [1.82, 2.24) is 0 Å². The molecule has 82 valence electrons. The molecule has 2 heteroatoms. The summed E-state index contributed by atoms with van der Waals surface area (Å²) in [5.41, 5.74) is 1.05. The van der Waals surface area contributed by atoms with Crippen molar-refractivity contribution in [2.45, 2.75) is 19.4 Å². The van der Waals surface area contributed by atoms with Gasteiger partial charge in [-0.25, -0.2) is 0 Å². The SMILES string of the molecule is C#CCC(/C=C/c1ccccc1)OC(C)=O. The summed E-state index contributed by atoms with van der Waals surface area (Å²) in [6, 6.07) is 9.78. The Morgan fingerprint density at radius 3 is 2.75 bits per heavy atom. The molecule has 1 aromatic rings. The van der Waals surface area contributed by atoms with Crippen molar-refractivity contribution in [3.05, 3.63) is 42.0 Å². The minimum absolute atomic E-state index is 0.321. The number of esters is 1. The van der Waals surface area contributed by atoms with Crippen LogP contribution in [0.25, 0.3) is 6.08 Å². The van der Waals surface area contributed by atoms with Crippen LogP contribution in [0.15, 0.2) is 36.4 Å². The van der Waals surface area contributed by atoms with Gasteiger partial charge < -0.3 is 4.74 Å². The first-order valence-corrected chi connectivity index (χ1v) is 5.06. The fraction of sp³-hybridized carbons (Fsp3) is 0.214. The second-order valence-electron chi connectivity index (χ2n) is 3.33. The van der Waals surface area contributed by atoms with Gasteiger partial charge in [0.2, 0.25) is 0 Å². The third kappa shape index (κ3) is 4.47. The number of rotatable bonds is 4. The van der Waals surface area contributed by atoms with Gasteiger partial charge in [-0.3, -0.25) is 4.79 Å². The molecule has 0 aliphatic carbocycles. The maximum absolute atomic E-state index is 10.8. The molecular weight excluding hydrogens is 200 g/mol. The van der Waals surface area contributed by atoms with Crippen molar-refractivity contribution in [2.75, 3.05) is 0 Å². The first-order chi connectivity index (χ1) is 7.72. The maximum Gasteiger partial charge on any atom is 0.303 e. The van der Waals surface area contributed by atoms with Crippen LogP contribution in [0, 0.1) is 12.3 Å². The van der Waals surface area contributed by atoms with Gasteiger partial charge in [-0.2, -0.15) is 0 Å². The van der Waals surface area contributed by atoms with E-state index in [1.165, 1.54) is 6.92 Å². The summed E-state index contributed by atoms with van der Waals surface area (Å²) in [4.78, 5) is 10.8. The van der Waals surface area contributed by atoms with Gasteiger partial charge in [-0.05, 0) is 11.6 Å². The molecule has 0 aromatic heterocycles. The Morgan fingerprint density at radius 2 is 2.19 bits per heavy atom. The van der Waals surface area contributed by atoms with Gasteiger partial charge in [0.1, 0.15) is 6.10 Å². The number of carbonyl (C=O) groups is 1.